The number of hydrogen-bond donors (Lipinski definition) is 0. The van der Waals surface area contributed by atoms with Gasteiger partial charge in [0.2, 0.25) is 0 Å². The molecule has 26 heavy (non-hydrogen) atoms. The first kappa shape index (κ1) is 18.6. The van der Waals surface area contributed by atoms with Crippen LogP contribution in [0.5, 0.6) is 0 Å². The van der Waals surface area contributed by atoms with E-state index in [0.29, 0.717) is 12.8 Å². The SMILES string of the molecule is CCCCC(OCC(F)(F)F)C(=O)C1c2ccccc2-c2ccccc21. The Morgan fingerprint density at radius 2 is 1.58 bits per heavy atom. The van der Waals surface area contributed by atoms with E-state index < -0.39 is 24.8 Å². The van der Waals surface area contributed by atoms with Crippen molar-refractivity contribution < 1.29 is 22.7 Å². The minimum atomic E-state index is -4.45. The molecule has 5 heteroatoms. The fourth-order valence-electron chi connectivity index (χ4n) is 3.54. The number of alkyl halides is 3. The van der Waals surface area contributed by atoms with Gasteiger partial charge in [0.15, 0.2) is 5.78 Å². The molecule has 0 radical (unpaired) electrons. The summed E-state index contributed by atoms with van der Waals surface area (Å²) in [4.78, 5) is 13.2. The van der Waals surface area contributed by atoms with Crippen LogP contribution in [0.25, 0.3) is 11.1 Å². The normalized spacial score (nSPS) is 14.8. The third kappa shape index (κ3) is 3.83. The van der Waals surface area contributed by atoms with Crippen LogP contribution in [-0.4, -0.2) is 24.7 Å². The average molecular weight is 362 g/mol. The Labute approximate surface area is 151 Å². The van der Waals surface area contributed by atoms with Gasteiger partial charge in [0.05, 0.1) is 5.92 Å². The lowest BCUT2D eigenvalue weighted by Gasteiger charge is -2.22. The van der Waals surface area contributed by atoms with Crippen LogP contribution in [-0.2, 0) is 9.53 Å². The standard InChI is InChI=1S/C21H21F3O2/c1-2-3-12-18(26-13-21(22,23)24)20(25)19-16-10-6-4-8-14(16)15-9-5-7-11-17(15)19/h4-11,18-19H,2-3,12-13H2,1H3. The van der Waals surface area contributed by atoms with Crippen LogP contribution < -0.4 is 0 Å². The predicted octanol–water partition coefficient (Wildman–Crippen LogP) is 5.51. The molecule has 0 aliphatic heterocycles. The average Bonchev–Trinajstić information content (AvgIpc) is 2.95. The molecule has 138 valence electrons. The van der Waals surface area contributed by atoms with Crippen molar-refractivity contribution in [2.24, 2.45) is 0 Å². The number of carbonyl (C=O) groups is 1. The van der Waals surface area contributed by atoms with Crippen molar-refractivity contribution in [2.45, 2.75) is 44.4 Å². The van der Waals surface area contributed by atoms with Gasteiger partial charge in [0.25, 0.3) is 0 Å². The molecule has 0 saturated heterocycles. The largest absolute Gasteiger partial charge is 0.411 e. The number of unbranched alkanes of at least 4 members (excludes halogenated alkanes) is 1. The molecule has 2 aromatic carbocycles. The van der Waals surface area contributed by atoms with E-state index in [4.69, 9.17) is 4.74 Å². The maximum absolute atomic E-state index is 13.2. The maximum Gasteiger partial charge on any atom is 0.411 e. The number of rotatable bonds is 7. The third-order valence-corrected chi connectivity index (χ3v) is 4.70. The Bertz CT molecular complexity index is 737. The Morgan fingerprint density at radius 1 is 1.04 bits per heavy atom. The van der Waals surface area contributed by atoms with E-state index in [-0.39, 0.29) is 5.78 Å². The summed E-state index contributed by atoms with van der Waals surface area (Å²) in [6.45, 7) is 0.536. The van der Waals surface area contributed by atoms with Gasteiger partial charge in [-0.25, -0.2) is 0 Å². The highest BCUT2D eigenvalue weighted by Crippen LogP contribution is 2.45. The molecule has 0 spiro atoms. The molecule has 0 amide bonds. The highest BCUT2D eigenvalue weighted by molar-refractivity contribution is 5.99. The molecule has 1 atom stereocenters. The summed E-state index contributed by atoms with van der Waals surface area (Å²) in [6.07, 6.45) is -3.77. The monoisotopic (exact) mass is 362 g/mol. The van der Waals surface area contributed by atoms with Crippen molar-refractivity contribution in [3.8, 4) is 11.1 Å². The van der Waals surface area contributed by atoms with E-state index in [0.717, 1.165) is 28.7 Å². The van der Waals surface area contributed by atoms with Crippen molar-refractivity contribution in [3.05, 3.63) is 59.7 Å². The molecule has 2 aromatic rings. The fraction of sp³-hybridized carbons (Fsp3) is 0.381. The number of halogens is 3. The summed E-state index contributed by atoms with van der Waals surface area (Å²) in [7, 11) is 0. The van der Waals surface area contributed by atoms with Gasteiger partial charge in [-0.05, 0) is 28.7 Å². The van der Waals surface area contributed by atoms with Crippen LogP contribution in [0.1, 0.15) is 43.2 Å². The van der Waals surface area contributed by atoms with Crippen molar-refractivity contribution >= 4 is 5.78 Å². The van der Waals surface area contributed by atoms with Gasteiger partial charge in [0.1, 0.15) is 12.7 Å². The summed E-state index contributed by atoms with van der Waals surface area (Å²) >= 11 is 0. The van der Waals surface area contributed by atoms with Gasteiger partial charge < -0.3 is 4.74 Å². The van der Waals surface area contributed by atoms with Crippen molar-refractivity contribution in [1.29, 1.82) is 0 Å². The van der Waals surface area contributed by atoms with Gasteiger partial charge in [-0.15, -0.1) is 0 Å². The fourth-order valence-corrected chi connectivity index (χ4v) is 3.54. The van der Waals surface area contributed by atoms with Crippen LogP contribution in [0.15, 0.2) is 48.5 Å². The first-order chi connectivity index (χ1) is 12.4. The summed E-state index contributed by atoms with van der Waals surface area (Å²) in [5.41, 5.74) is 3.62. The molecule has 0 heterocycles. The van der Waals surface area contributed by atoms with E-state index in [1.165, 1.54) is 0 Å². The van der Waals surface area contributed by atoms with E-state index in [1.807, 2.05) is 55.5 Å². The second-order valence-corrected chi connectivity index (χ2v) is 6.57. The molecular weight excluding hydrogens is 341 g/mol. The van der Waals surface area contributed by atoms with E-state index >= 15 is 0 Å². The molecule has 1 unspecified atom stereocenters. The first-order valence-electron chi connectivity index (χ1n) is 8.82. The molecule has 0 N–H and O–H groups in total. The van der Waals surface area contributed by atoms with E-state index in [2.05, 4.69) is 0 Å². The molecule has 1 aliphatic rings. The molecular formula is C21H21F3O2. The molecule has 0 aromatic heterocycles. The minimum absolute atomic E-state index is 0.292. The lowest BCUT2D eigenvalue weighted by Crippen LogP contribution is -2.33. The van der Waals surface area contributed by atoms with Gasteiger partial charge in [-0.2, -0.15) is 13.2 Å². The molecule has 0 saturated carbocycles. The molecule has 2 nitrogen and oxygen atoms in total. The summed E-state index contributed by atoms with van der Waals surface area (Å²) in [5.74, 6) is -0.863. The zero-order chi connectivity index (χ0) is 18.7. The van der Waals surface area contributed by atoms with E-state index in [1.54, 1.807) is 0 Å². The summed E-state index contributed by atoms with van der Waals surface area (Å²) in [6, 6.07) is 15.1. The quantitative estimate of drug-likeness (QED) is 0.650. The number of hydrogen-bond acceptors (Lipinski definition) is 2. The number of benzene rings is 2. The Balaban J connectivity index is 1.93. The minimum Gasteiger partial charge on any atom is -0.361 e. The zero-order valence-corrected chi connectivity index (χ0v) is 14.6. The Kier molecular flexibility index (Phi) is 5.47. The highest BCUT2D eigenvalue weighted by atomic mass is 19.4. The maximum atomic E-state index is 13.2. The van der Waals surface area contributed by atoms with Crippen LogP contribution in [0.3, 0.4) is 0 Å². The Morgan fingerprint density at radius 3 is 2.08 bits per heavy atom. The van der Waals surface area contributed by atoms with Gasteiger partial charge in [-0.1, -0.05) is 68.3 Å². The zero-order valence-electron chi connectivity index (χ0n) is 14.6. The first-order valence-corrected chi connectivity index (χ1v) is 8.82. The van der Waals surface area contributed by atoms with Gasteiger partial charge >= 0.3 is 6.18 Å². The molecule has 3 rings (SSSR count). The summed E-state index contributed by atoms with van der Waals surface area (Å²) < 4.78 is 42.9. The topological polar surface area (TPSA) is 26.3 Å². The Hall–Kier alpha value is -2.14. The second-order valence-electron chi connectivity index (χ2n) is 6.57. The van der Waals surface area contributed by atoms with Gasteiger partial charge in [-0.3, -0.25) is 4.79 Å². The number of carbonyl (C=O) groups excluding carboxylic acids is 1. The summed E-state index contributed by atoms with van der Waals surface area (Å²) in [5, 5.41) is 0. The van der Waals surface area contributed by atoms with Crippen molar-refractivity contribution in [3.63, 3.8) is 0 Å². The number of Topliss-reactive ketones (excluding diaryl/α,β-unsaturated/α-hetero) is 1. The van der Waals surface area contributed by atoms with Crippen molar-refractivity contribution in [2.75, 3.05) is 6.61 Å². The van der Waals surface area contributed by atoms with Crippen LogP contribution in [0.2, 0.25) is 0 Å². The smallest absolute Gasteiger partial charge is 0.361 e. The molecule has 0 bridgehead atoms. The van der Waals surface area contributed by atoms with Gasteiger partial charge in [0, 0.05) is 0 Å². The van der Waals surface area contributed by atoms with Crippen LogP contribution >= 0.6 is 0 Å². The van der Waals surface area contributed by atoms with Crippen molar-refractivity contribution in [1.82, 2.24) is 0 Å². The van der Waals surface area contributed by atoms with Crippen LogP contribution in [0.4, 0.5) is 13.2 Å². The van der Waals surface area contributed by atoms with Crippen LogP contribution in [0, 0.1) is 0 Å². The molecule has 1 aliphatic carbocycles. The second kappa shape index (κ2) is 7.62. The lowest BCUT2D eigenvalue weighted by atomic mass is 9.88. The lowest BCUT2D eigenvalue weighted by molar-refractivity contribution is -0.187. The molecule has 0 fully saturated rings. The number of ether oxygens (including phenoxy) is 1. The predicted molar refractivity (Wildman–Crippen MR) is 94.0 cm³/mol. The third-order valence-electron chi connectivity index (χ3n) is 4.70. The number of fused-ring (bicyclic) bond motifs is 3. The van der Waals surface area contributed by atoms with E-state index in [9.17, 15) is 18.0 Å². The number of ketones is 1. The highest BCUT2D eigenvalue weighted by Gasteiger charge is 2.38.